The van der Waals surface area contributed by atoms with Gasteiger partial charge < -0.3 is 20.3 Å². The first-order valence-electron chi connectivity index (χ1n) is 5.78. The third-order valence-electron chi connectivity index (χ3n) is 2.96. The van der Waals surface area contributed by atoms with Gasteiger partial charge in [-0.3, -0.25) is 9.59 Å². The van der Waals surface area contributed by atoms with Crippen molar-refractivity contribution < 1.29 is 24.5 Å². The number of phenols is 1. The number of carbonyl (C=O) groups excluding carboxylic acids is 1. The molecule has 0 radical (unpaired) electrons. The van der Waals surface area contributed by atoms with E-state index in [0.29, 0.717) is 0 Å². The Kier molecular flexibility index (Phi) is 4.74. The number of benzene rings is 1. The van der Waals surface area contributed by atoms with E-state index in [4.69, 9.17) is 9.84 Å². The van der Waals surface area contributed by atoms with Gasteiger partial charge in [-0.1, -0.05) is 6.07 Å². The second kappa shape index (κ2) is 6.08. The fourth-order valence-electron chi connectivity index (χ4n) is 1.49. The molecule has 104 valence electrons. The number of nitrogens with one attached hydrogen (secondary N) is 1. The molecule has 0 heterocycles. The van der Waals surface area contributed by atoms with Gasteiger partial charge >= 0.3 is 5.97 Å². The number of carboxylic acid groups (broad SMARTS) is 1. The van der Waals surface area contributed by atoms with Crippen LogP contribution in [0.1, 0.15) is 24.2 Å². The van der Waals surface area contributed by atoms with E-state index >= 15 is 0 Å². The van der Waals surface area contributed by atoms with Gasteiger partial charge in [0.05, 0.1) is 18.6 Å². The lowest BCUT2D eigenvalue weighted by atomic mass is 10.0. The highest BCUT2D eigenvalue weighted by molar-refractivity contribution is 5.98. The van der Waals surface area contributed by atoms with Crippen molar-refractivity contribution in [1.82, 2.24) is 5.32 Å². The Bertz CT molecular complexity index is 486. The van der Waals surface area contributed by atoms with Gasteiger partial charge in [0, 0.05) is 6.04 Å². The molecule has 0 aliphatic carbocycles. The van der Waals surface area contributed by atoms with E-state index in [0.717, 1.165) is 0 Å². The van der Waals surface area contributed by atoms with Crippen LogP contribution < -0.4 is 10.1 Å². The SMILES string of the molecule is COc1cccc(C(=O)NC(C)C(C)C(=O)O)c1O. The minimum Gasteiger partial charge on any atom is -0.504 e. The Balaban J connectivity index is 2.87. The van der Waals surface area contributed by atoms with Gasteiger partial charge in [0.25, 0.3) is 5.91 Å². The van der Waals surface area contributed by atoms with Crippen molar-refractivity contribution in [3.63, 3.8) is 0 Å². The molecule has 2 unspecified atom stereocenters. The number of ether oxygens (including phenoxy) is 1. The molecule has 1 rings (SSSR count). The summed E-state index contributed by atoms with van der Waals surface area (Å²) in [6, 6.07) is 3.97. The molecule has 0 aromatic heterocycles. The maximum atomic E-state index is 12.0. The normalized spacial score (nSPS) is 13.4. The van der Waals surface area contributed by atoms with Crippen molar-refractivity contribution in [1.29, 1.82) is 0 Å². The van der Waals surface area contributed by atoms with E-state index in [2.05, 4.69) is 5.32 Å². The van der Waals surface area contributed by atoms with Crippen LogP contribution in [0.25, 0.3) is 0 Å². The molecule has 0 bridgehead atoms. The highest BCUT2D eigenvalue weighted by atomic mass is 16.5. The third-order valence-corrected chi connectivity index (χ3v) is 2.96. The van der Waals surface area contributed by atoms with Gasteiger partial charge in [-0.25, -0.2) is 0 Å². The number of amides is 1. The number of rotatable bonds is 5. The molecular formula is C13H17NO5. The molecule has 2 atom stereocenters. The Morgan fingerprint density at radius 2 is 1.95 bits per heavy atom. The van der Waals surface area contributed by atoms with Gasteiger partial charge in [0.15, 0.2) is 11.5 Å². The molecule has 0 aliphatic heterocycles. The van der Waals surface area contributed by atoms with Crippen LogP contribution in [0.5, 0.6) is 11.5 Å². The molecule has 6 nitrogen and oxygen atoms in total. The summed E-state index contributed by atoms with van der Waals surface area (Å²) >= 11 is 0. The summed E-state index contributed by atoms with van der Waals surface area (Å²) in [4.78, 5) is 22.8. The minimum atomic E-state index is -0.998. The number of aliphatic carboxylic acids is 1. The molecule has 0 saturated heterocycles. The Morgan fingerprint density at radius 1 is 1.32 bits per heavy atom. The molecule has 0 spiro atoms. The monoisotopic (exact) mass is 267 g/mol. The molecule has 6 heteroatoms. The Labute approximate surface area is 111 Å². The van der Waals surface area contributed by atoms with Crippen molar-refractivity contribution in [3.8, 4) is 11.5 Å². The van der Waals surface area contributed by atoms with Crippen molar-refractivity contribution in [3.05, 3.63) is 23.8 Å². The number of para-hydroxylation sites is 1. The number of phenolic OH excluding ortho intramolecular Hbond substituents is 1. The van der Waals surface area contributed by atoms with E-state index in [1.165, 1.54) is 26.2 Å². The van der Waals surface area contributed by atoms with Crippen LogP contribution in [-0.4, -0.2) is 35.2 Å². The van der Waals surface area contributed by atoms with E-state index in [1.807, 2.05) is 0 Å². The van der Waals surface area contributed by atoms with E-state index in [1.54, 1.807) is 13.0 Å². The summed E-state index contributed by atoms with van der Waals surface area (Å²) in [5.41, 5.74) is 0.0452. The van der Waals surface area contributed by atoms with Crippen LogP contribution in [0.4, 0.5) is 0 Å². The van der Waals surface area contributed by atoms with Crippen molar-refractivity contribution in [2.24, 2.45) is 5.92 Å². The smallest absolute Gasteiger partial charge is 0.308 e. The lowest BCUT2D eigenvalue weighted by Gasteiger charge is -2.18. The molecule has 3 N–H and O–H groups in total. The first kappa shape index (κ1) is 14.8. The average molecular weight is 267 g/mol. The zero-order valence-electron chi connectivity index (χ0n) is 11.0. The summed E-state index contributed by atoms with van der Waals surface area (Å²) < 4.78 is 4.90. The summed E-state index contributed by atoms with van der Waals surface area (Å²) in [5, 5.41) is 21.2. The first-order chi connectivity index (χ1) is 8.88. The predicted molar refractivity (Wildman–Crippen MR) is 68.4 cm³/mol. The second-order valence-corrected chi connectivity index (χ2v) is 4.25. The molecule has 0 fully saturated rings. The largest absolute Gasteiger partial charge is 0.504 e. The summed E-state index contributed by atoms with van der Waals surface area (Å²) in [6.45, 7) is 3.09. The minimum absolute atomic E-state index is 0.0452. The highest BCUT2D eigenvalue weighted by Gasteiger charge is 2.23. The average Bonchev–Trinajstić information content (AvgIpc) is 2.37. The molecule has 0 aliphatic rings. The number of carboxylic acids is 1. The van der Waals surface area contributed by atoms with E-state index in [-0.39, 0.29) is 17.1 Å². The highest BCUT2D eigenvalue weighted by Crippen LogP contribution is 2.29. The van der Waals surface area contributed by atoms with Crippen molar-refractivity contribution in [2.45, 2.75) is 19.9 Å². The van der Waals surface area contributed by atoms with Crippen LogP contribution in [0.2, 0.25) is 0 Å². The molecule has 1 aromatic rings. The van der Waals surface area contributed by atoms with Crippen LogP contribution in [0.15, 0.2) is 18.2 Å². The van der Waals surface area contributed by atoms with Crippen molar-refractivity contribution >= 4 is 11.9 Å². The molecule has 19 heavy (non-hydrogen) atoms. The number of hydrogen-bond acceptors (Lipinski definition) is 4. The summed E-state index contributed by atoms with van der Waals surface area (Å²) in [7, 11) is 1.38. The first-order valence-corrected chi connectivity index (χ1v) is 5.78. The van der Waals surface area contributed by atoms with Crippen LogP contribution in [0, 0.1) is 5.92 Å². The number of methoxy groups -OCH3 is 1. The summed E-state index contributed by atoms with van der Waals surface area (Å²) in [6.07, 6.45) is 0. The van der Waals surface area contributed by atoms with Crippen LogP contribution in [0.3, 0.4) is 0 Å². The quantitative estimate of drug-likeness (QED) is 0.746. The lowest BCUT2D eigenvalue weighted by Crippen LogP contribution is -2.40. The van der Waals surface area contributed by atoms with Gasteiger partial charge in [-0.05, 0) is 26.0 Å². The second-order valence-electron chi connectivity index (χ2n) is 4.25. The van der Waals surface area contributed by atoms with Gasteiger partial charge in [-0.2, -0.15) is 0 Å². The Morgan fingerprint density at radius 3 is 2.47 bits per heavy atom. The maximum absolute atomic E-state index is 12.0. The van der Waals surface area contributed by atoms with Crippen LogP contribution in [-0.2, 0) is 4.79 Å². The number of hydrogen-bond donors (Lipinski definition) is 3. The zero-order valence-corrected chi connectivity index (χ0v) is 11.0. The molecule has 1 aromatic carbocycles. The fourth-order valence-corrected chi connectivity index (χ4v) is 1.49. The third kappa shape index (κ3) is 3.37. The fraction of sp³-hybridized carbons (Fsp3) is 0.385. The molecular weight excluding hydrogens is 250 g/mol. The van der Waals surface area contributed by atoms with Gasteiger partial charge in [0.1, 0.15) is 0 Å². The zero-order chi connectivity index (χ0) is 14.6. The lowest BCUT2D eigenvalue weighted by molar-refractivity contribution is -0.141. The number of aromatic hydroxyl groups is 1. The maximum Gasteiger partial charge on any atom is 0.308 e. The molecule has 0 saturated carbocycles. The Hall–Kier alpha value is -2.24. The van der Waals surface area contributed by atoms with Crippen molar-refractivity contribution in [2.75, 3.05) is 7.11 Å². The predicted octanol–water partition coefficient (Wildman–Crippen LogP) is 1.24. The van der Waals surface area contributed by atoms with Gasteiger partial charge in [-0.15, -0.1) is 0 Å². The standard InChI is InChI=1S/C13H17NO5/c1-7(13(17)18)8(2)14-12(16)9-5-4-6-10(19-3)11(9)15/h4-8,15H,1-3H3,(H,14,16)(H,17,18). The summed E-state index contributed by atoms with van der Waals surface area (Å²) in [5.74, 6) is -2.35. The van der Waals surface area contributed by atoms with Gasteiger partial charge in [0.2, 0.25) is 0 Å². The molecule has 1 amide bonds. The van der Waals surface area contributed by atoms with E-state index in [9.17, 15) is 14.7 Å². The van der Waals surface area contributed by atoms with E-state index < -0.39 is 23.8 Å². The number of carbonyl (C=O) groups is 2. The topological polar surface area (TPSA) is 95.9 Å². The van der Waals surface area contributed by atoms with Crippen LogP contribution >= 0.6 is 0 Å².